The van der Waals surface area contributed by atoms with Crippen LogP contribution >= 0.6 is 0 Å². The van der Waals surface area contributed by atoms with Gasteiger partial charge in [0.2, 0.25) is 11.8 Å². The molecule has 0 saturated heterocycles. The van der Waals surface area contributed by atoms with Gasteiger partial charge in [0.25, 0.3) is 0 Å². The highest BCUT2D eigenvalue weighted by Crippen LogP contribution is 2.31. The van der Waals surface area contributed by atoms with Crippen LogP contribution in [0.25, 0.3) is 0 Å². The first-order chi connectivity index (χ1) is 13.6. The molecule has 3 rings (SSSR count). The number of hydrogen-bond acceptors (Lipinski definition) is 4. The fraction of sp³-hybridized carbons (Fsp3) is 0.364. The van der Waals surface area contributed by atoms with Gasteiger partial charge in [0.1, 0.15) is 5.75 Å². The van der Waals surface area contributed by atoms with Gasteiger partial charge in [0.05, 0.1) is 13.2 Å². The lowest BCUT2D eigenvalue weighted by Crippen LogP contribution is -2.22. The van der Waals surface area contributed by atoms with Gasteiger partial charge in [-0.05, 0) is 56.0 Å². The third kappa shape index (κ3) is 5.49. The quantitative estimate of drug-likeness (QED) is 0.609. The lowest BCUT2D eigenvalue weighted by molar-refractivity contribution is -0.117. The number of benzene rings is 2. The maximum atomic E-state index is 12.3. The molecule has 0 aromatic heterocycles. The van der Waals surface area contributed by atoms with E-state index in [-0.39, 0.29) is 24.3 Å². The monoisotopic (exact) mass is 381 g/mol. The van der Waals surface area contributed by atoms with E-state index in [4.69, 9.17) is 4.74 Å². The second-order valence-electron chi connectivity index (χ2n) is 7.02. The number of rotatable bonds is 9. The fourth-order valence-electron chi connectivity index (χ4n) is 2.81. The molecule has 2 aromatic carbocycles. The van der Waals surface area contributed by atoms with E-state index in [2.05, 4.69) is 16.0 Å². The van der Waals surface area contributed by atoms with Crippen molar-refractivity contribution >= 4 is 28.9 Å². The van der Waals surface area contributed by atoms with Gasteiger partial charge in [-0.2, -0.15) is 0 Å². The molecular weight excluding hydrogens is 354 g/mol. The molecule has 0 unspecified atom stereocenters. The standard InChI is InChI=1S/C22H27N3O3/c1-3-12-28-18-7-4-6-17(13-18)24-21(26)14-23-19-8-5-9-20(15(19)2)25-22(27)16-10-11-16/h4-9,13,16,23H,3,10-12,14H2,1-2H3,(H,24,26)(H,25,27). The summed E-state index contributed by atoms with van der Waals surface area (Å²) in [5.74, 6) is 0.809. The summed E-state index contributed by atoms with van der Waals surface area (Å²) in [5.41, 5.74) is 3.22. The maximum absolute atomic E-state index is 12.3. The van der Waals surface area contributed by atoms with E-state index in [0.717, 1.165) is 42.0 Å². The van der Waals surface area contributed by atoms with Crippen LogP contribution in [0.5, 0.6) is 5.75 Å². The molecule has 0 heterocycles. The van der Waals surface area contributed by atoms with Crippen molar-refractivity contribution in [1.82, 2.24) is 0 Å². The van der Waals surface area contributed by atoms with Crippen LogP contribution in [0.1, 0.15) is 31.7 Å². The molecule has 2 aromatic rings. The number of anilines is 3. The minimum Gasteiger partial charge on any atom is -0.494 e. The van der Waals surface area contributed by atoms with E-state index >= 15 is 0 Å². The molecule has 6 nitrogen and oxygen atoms in total. The molecule has 3 N–H and O–H groups in total. The highest BCUT2D eigenvalue weighted by atomic mass is 16.5. The predicted molar refractivity (Wildman–Crippen MR) is 112 cm³/mol. The lowest BCUT2D eigenvalue weighted by atomic mass is 10.1. The van der Waals surface area contributed by atoms with Gasteiger partial charge >= 0.3 is 0 Å². The number of nitrogens with one attached hydrogen (secondary N) is 3. The van der Waals surface area contributed by atoms with Crippen LogP contribution in [-0.4, -0.2) is 25.0 Å². The zero-order valence-corrected chi connectivity index (χ0v) is 16.4. The first-order valence-electron chi connectivity index (χ1n) is 9.74. The van der Waals surface area contributed by atoms with Gasteiger partial charge in [-0.15, -0.1) is 0 Å². The summed E-state index contributed by atoms with van der Waals surface area (Å²) < 4.78 is 5.59. The second-order valence-corrected chi connectivity index (χ2v) is 7.02. The van der Waals surface area contributed by atoms with E-state index in [1.54, 1.807) is 0 Å². The Kier molecular flexibility index (Phi) is 6.53. The van der Waals surface area contributed by atoms with Crippen LogP contribution in [0.2, 0.25) is 0 Å². The smallest absolute Gasteiger partial charge is 0.243 e. The van der Waals surface area contributed by atoms with Crippen LogP contribution < -0.4 is 20.7 Å². The third-order valence-electron chi connectivity index (χ3n) is 4.57. The van der Waals surface area contributed by atoms with Gasteiger partial charge in [0, 0.05) is 29.0 Å². The Balaban J connectivity index is 1.55. The minimum atomic E-state index is -0.153. The first-order valence-corrected chi connectivity index (χ1v) is 9.74. The zero-order valence-electron chi connectivity index (χ0n) is 16.4. The first kappa shape index (κ1) is 19.7. The molecule has 0 bridgehead atoms. The van der Waals surface area contributed by atoms with Crippen molar-refractivity contribution in [3.63, 3.8) is 0 Å². The number of carbonyl (C=O) groups excluding carboxylic acids is 2. The van der Waals surface area contributed by atoms with Crippen molar-refractivity contribution in [1.29, 1.82) is 0 Å². The largest absolute Gasteiger partial charge is 0.494 e. The lowest BCUT2D eigenvalue weighted by Gasteiger charge is -2.14. The number of carbonyl (C=O) groups is 2. The Morgan fingerprint density at radius 3 is 2.57 bits per heavy atom. The highest BCUT2D eigenvalue weighted by molar-refractivity contribution is 5.96. The Morgan fingerprint density at radius 2 is 1.82 bits per heavy atom. The van der Waals surface area contributed by atoms with Crippen LogP contribution in [0, 0.1) is 12.8 Å². The molecule has 0 aliphatic heterocycles. The van der Waals surface area contributed by atoms with Crippen LogP contribution in [0.4, 0.5) is 17.1 Å². The van der Waals surface area contributed by atoms with Crippen LogP contribution in [0.15, 0.2) is 42.5 Å². The van der Waals surface area contributed by atoms with Crippen molar-refractivity contribution in [3.8, 4) is 5.75 Å². The van der Waals surface area contributed by atoms with Gasteiger partial charge in [-0.25, -0.2) is 0 Å². The summed E-state index contributed by atoms with van der Waals surface area (Å²) in [7, 11) is 0. The normalized spacial score (nSPS) is 12.9. The Bertz CT molecular complexity index is 847. The number of hydrogen-bond donors (Lipinski definition) is 3. The summed E-state index contributed by atoms with van der Waals surface area (Å²) in [6.45, 7) is 4.75. The molecule has 6 heteroatoms. The Labute approximate surface area is 165 Å². The molecule has 28 heavy (non-hydrogen) atoms. The van der Waals surface area contributed by atoms with Crippen molar-refractivity contribution in [3.05, 3.63) is 48.0 Å². The van der Waals surface area contributed by atoms with Gasteiger partial charge in [0.15, 0.2) is 0 Å². The van der Waals surface area contributed by atoms with Crippen LogP contribution in [0.3, 0.4) is 0 Å². The molecule has 0 atom stereocenters. The molecule has 1 fully saturated rings. The average Bonchev–Trinajstić information content (AvgIpc) is 3.53. The Morgan fingerprint density at radius 1 is 1.07 bits per heavy atom. The van der Waals surface area contributed by atoms with Crippen LogP contribution in [-0.2, 0) is 9.59 Å². The van der Waals surface area contributed by atoms with E-state index < -0.39 is 0 Å². The van der Waals surface area contributed by atoms with Crippen molar-refractivity contribution in [2.45, 2.75) is 33.1 Å². The topological polar surface area (TPSA) is 79.5 Å². The second kappa shape index (κ2) is 9.26. The van der Waals surface area contributed by atoms with Gasteiger partial charge < -0.3 is 20.7 Å². The van der Waals surface area contributed by atoms with Gasteiger partial charge in [-0.3, -0.25) is 9.59 Å². The number of ether oxygens (including phenoxy) is 1. The maximum Gasteiger partial charge on any atom is 0.243 e. The van der Waals surface area contributed by atoms with Crippen molar-refractivity contribution in [2.24, 2.45) is 5.92 Å². The summed E-state index contributed by atoms with van der Waals surface area (Å²) >= 11 is 0. The fourth-order valence-corrected chi connectivity index (χ4v) is 2.81. The average molecular weight is 381 g/mol. The SMILES string of the molecule is CCCOc1cccc(NC(=O)CNc2cccc(NC(=O)C3CC3)c2C)c1. The summed E-state index contributed by atoms with van der Waals surface area (Å²) in [6, 6.07) is 13.0. The molecule has 0 spiro atoms. The molecule has 0 radical (unpaired) electrons. The molecule has 1 aliphatic carbocycles. The number of amides is 2. The third-order valence-corrected chi connectivity index (χ3v) is 4.57. The molecule has 1 saturated carbocycles. The highest BCUT2D eigenvalue weighted by Gasteiger charge is 2.29. The van der Waals surface area contributed by atoms with Crippen molar-refractivity contribution in [2.75, 3.05) is 29.1 Å². The van der Waals surface area contributed by atoms with E-state index in [9.17, 15) is 9.59 Å². The van der Waals surface area contributed by atoms with E-state index in [1.807, 2.05) is 56.3 Å². The van der Waals surface area contributed by atoms with Gasteiger partial charge in [-0.1, -0.05) is 19.1 Å². The summed E-state index contributed by atoms with van der Waals surface area (Å²) in [5, 5.41) is 8.98. The minimum absolute atomic E-state index is 0.0724. The summed E-state index contributed by atoms with van der Waals surface area (Å²) in [4.78, 5) is 24.3. The molecule has 148 valence electrons. The molecule has 1 aliphatic rings. The zero-order chi connectivity index (χ0) is 19.9. The Hall–Kier alpha value is -3.02. The summed E-state index contributed by atoms with van der Waals surface area (Å²) in [6.07, 6.45) is 2.86. The predicted octanol–water partition coefficient (Wildman–Crippen LogP) is 4.18. The van der Waals surface area contributed by atoms with E-state index in [0.29, 0.717) is 12.3 Å². The van der Waals surface area contributed by atoms with Crippen molar-refractivity contribution < 1.29 is 14.3 Å². The molecular formula is C22H27N3O3. The van der Waals surface area contributed by atoms with E-state index in [1.165, 1.54) is 0 Å². The molecule has 2 amide bonds.